The van der Waals surface area contributed by atoms with E-state index in [0.29, 0.717) is 10.1 Å². The van der Waals surface area contributed by atoms with Gasteiger partial charge in [-0.1, -0.05) is 17.8 Å². The van der Waals surface area contributed by atoms with Crippen molar-refractivity contribution in [3.63, 3.8) is 0 Å². The Morgan fingerprint density at radius 3 is 3.00 bits per heavy atom. The number of anilines is 1. The van der Waals surface area contributed by atoms with Crippen molar-refractivity contribution >= 4 is 21.4 Å². The van der Waals surface area contributed by atoms with Crippen LogP contribution in [-0.2, 0) is 0 Å². The molecule has 0 radical (unpaired) electrons. The molecule has 3 rings (SSSR count). The summed E-state index contributed by atoms with van der Waals surface area (Å²) < 4.78 is 1.31. The van der Waals surface area contributed by atoms with Crippen molar-refractivity contribution < 1.29 is 5.11 Å². The molecule has 7 heteroatoms. The Bertz CT molecular complexity index is 632. The predicted molar refractivity (Wildman–Crippen MR) is 73.6 cm³/mol. The maximum Gasteiger partial charge on any atom is 0.275 e. The summed E-state index contributed by atoms with van der Waals surface area (Å²) in [6, 6.07) is 1.40. The van der Waals surface area contributed by atoms with Gasteiger partial charge in [0, 0.05) is 25.4 Å². The molecule has 2 N–H and O–H groups in total. The van der Waals surface area contributed by atoms with Crippen LogP contribution in [0.15, 0.2) is 17.1 Å². The molecule has 1 aliphatic carbocycles. The summed E-state index contributed by atoms with van der Waals surface area (Å²) in [6.45, 7) is 1.02. The standard InChI is InChI=1S/C12H16N4O2S/c17-7-5-12(3-1-4-12)8-14-10-15-16-9(18)2-6-13-11(16)19-10/h2,6,17H,1,3-5,7-8H2,(H,14,15). The van der Waals surface area contributed by atoms with Crippen molar-refractivity contribution in [3.05, 3.63) is 22.6 Å². The largest absolute Gasteiger partial charge is 0.396 e. The summed E-state index contributed by atoms with van der Waals surface area (Å²) in [5.74, 6) is 0. The van der Waals surface area contributed by atoms with Crippen LogP contribution in [-0.4, -0.2) is 32.9 Å². The second-order valence-electron chi connectivity index (χ2n) is 5.07. The Kier molecular flexibility index (Phi) is 3.24. The van der Waals surface area contributed by atoms with Crippen molar-refractivity contribution in [2.45, 2.75) is 25.7 Å². The highest BCUT2D eigenvalue weighted by molar-refractivity contribution is 7.20. The molecule has 0 bridgehead atoms. The topological polar surface area (TPSA) is 79.5 Å². The van der Waals surface area contributed by atoms with E-state index < -0.39 is 0 Å². The van der Waals surface area contributed by atoms with E-state index in [1.54, 1.807) is 0 Å². The van der Waals surface area contributed by atoms with E-state index in [1.807, 2.05) is 0 Å². The molecule has 102 valence electrons. The normalized spacial score (nSPS) is 17.3. The molecule has 1 saturated carbocycles. The van der Waals surface area contributed by atoms with Crippen LogP contribution in [0, 0.1) is 5.41 Å². The SMILES string of the molecule is O=c1ccnc2sc(NCC3(CCO)CCC3)nn12. The molecule has 1 fully saturated rings. The fraction of sp³-hybridized carbons (Fsp3) is 0.583. The molecule has 0 unspecified atom stereocenters. The van der Waals surface area contributed by atoms with Gasteiger partial charge in [0.15, 0.2) is 0 Å². The average Bonchev–Trinajstić information content (AvgIpc) is 2.77. The Hall–Kier alpha value is -1.47. The fourth-order valence-corrected chi connectivity index (χ4v) is 3.28. The van der Waals surface area contributed by atoms with Gasteiger partial charge >= 0.3 is 0 Å². The molecule has 0 saturated heterocycles. The molecule has 1 aliphatic rings. The lowest BCUT2D eigenvalue weighted by atomic mass is 9.67. The van der Waals surface area contributed by atoms with Crippen molar-refractivity contribution in [1.29, 1.82) is 0 Å². The first-order chi connectivity index (χ1) is 9.22. The quantitative estimate of drug-likeness (QED) is 0.858. The number of aliphatic hydroxyl groups excluding tert-OH is 1. The molecule has 0 aliphatic heterocycles. The van der Waals surface area contributed by atoms with Gasteiger partial charge < -0.3 is 10.4 Å². The molecule has 2 heterocycles. The smallest absolute Gasteiger partial charge is 0.275 e. The van der Waals surface area contributed by atoms with Crippen molar-refractivity contribution in [2.75, 3.05) is 18.5 Å². The van der Waals surface area contributed by atoms with Crippen LogP contribution in [0.3, 0.4) is 0 Å². The zero-order valence-electron chi connectivity index (χ0n) is 10.5. The molecule has 0 aromatic carbocycles. The first-order valence-corrected chi connectivity index (χ1v) is 7.24. The minimum atomic E-state index is -0.164. The van der Waals surface area contributed by atoms with Gasteiger partial charge in [-0.25, -0.2) is 4.98 Å². The van der Waals surface area contributed by atoms with E-state index in [2.05, 4.69) is 15.4 Å². The van der Waals surface area contributed by atoms with Crippen molar-refractivity contribution in [2.24, 2.45) is 5.41 Å². The number of hydrogen-bond acceptors (Lipinski definition) is 6. The molecular weight excluding hydrogens is 264 g/mol. The Labute approximate surface area is 114 Å². The molecule has 2 aromatic rings. The fourth-order valence-electron chi connectivity index (χ4n) is 2.51. The minimum Gasteiger partial charge on any atom is -0.396 e. The molecule has 0 atom stereocenters. The molecule has 6 nitrogen and oxygen atoms in total. The number of hydrogen-bond donors (Lipinski definition) is 2. The lowest BCUT2D eigenvalue weighted by Gasteiger charge is -2.41. The van der Waals surface area contributed by atoms with Gasteiger partial charge in [0.25, 0.3) is 5.56 Å². The molecule has 0 amide bonds. The van der Waals surface area contributed by atoms with Crippen LogP contribution in [0.2, 0.25) is 0 Å². The van der Waals surface area contributed by atoms with Gasteiger partial charge in [-0.15, -0.1) is 5.10 Å². The maximum atomic E-state index is 11.6. The van der Waals surface area contributed by atoms with Gasteiger partial charge in [-0.3, -0.25) is 4.79 Å². The summed E-state index contributed by atoms with van der Waals surface area (Å²) in [7, 11) is 0. The van der Waals surface area contributed by atoms with Gasteiger partial charge in [-0.05, 0) is 24.7 Å². The highest BCUT2D eigenvalue weighted by Gasteiger charge is 2.36. The molecule has 19 heavy (non-hydrogen) atoms. The van der Waals surface area contributed by atoms with Crippen LogP contribution in [0.5, 0.6) is 0 Å². The van der Waals surface area contributed by atoms with Crippen molar-refractivity contribution in [3.8, 4) is 0 Å². The maximum absolute atomic E-state index is 11.6. The first kappa shape index (κ1) is 12.6. The van der Waals surface area contributed by atoms with Crippen LogP contribution in [0.4, 0.5) is 5.13 Å². The second kappa shape index (κ2) is 4.90. The number of aliphatic hydroxyl groups is 1. The van der Waals surface area contributed by atoms with E-state index in [0.717, 1.165) is 25.8 Å². The van der Waals surface area contributed by atoms with Crippen LogP contribution in [0.1, 0.15) is 25.7 Å². The third-order valence-electron chi connectivity index (χ3n) is 3.84. The van der Waals surface area contributed by atoms with Gasteiger partial charge in [0.2, 0.25) is 10.1 Å². The summed E-state index contributed by atoms with van der Waals surface area (Å²) in [4.78, 5) is 16.3. The van der Waals surface area contributed by atoms with Gasteiger partial charge in [-0.2, -0.15) is 4.52 Å². The Balaban J connectivity index is 1.75. The van der Waals surface area contributed by atoms with Gasteiger partial charge in [0.05, 0.1) is 0 Å². The first-order valence-electron chi connectivity index (χ1n) is 6.42. The number of aromatic nitrogens is 3. The lowest BCUT2D eigenvalue weighted by Crippen LogP contribution is -2.37. The van der Waals surface area contributed by atoms with Crippen LogP contribution >= 0.6 is 11.3 Å². The highest BCUT2D eigenvalue weighted by atomic mass is 32.1. The van der Waals surface area contributed by atoms with E-state index >= 15 is 0 Å². The predicted octanol–water partition coefficient (Wildman–Crippen LogP) is 1.12. The Morgan fingerprint density at radius 1 is 1.53 bits per heavy atom. The number of fused-ring (bicyclic) bond motifs is 1. The Morgan fingerprint density at radius 2 is 2.37 bits per heavy atom. The van der Waals surface area contributed by atoms with Crippen LogP contribution in [0.25, 0.3) is 4.96 Å². The van der Waals surface area contributed by atoms with E-state index in [-0.39, 0.29) is 17.6 Å². The highest BCUT2D eigenvalue weighted by Crippen LogP contribution is 2.43. The molecule has 2 aromatic heterocycles. The number of rotatable bonds is 5. The van der Waals surface area contributed by atoms with Crippen molar-refractivity contribution in [1.82, 2.24) is 14.6 Å². The summed E-state index contributed by atoms with van der Waals surface area (Å²) in [5.41, 5.74) is 0.0355. The molecule has 0 spiro atoms. The van der Waals surface area contributed by atoms with E-state index in [1.165, 1.54) is 34.5 Å². The number of nitrogens with one attached hydrogen (secondary N) is 1. The average molecular weight is 280 g/mol. The zero-order valence-corrected chi connectivity index (χ0v) is 11.3. The lowest BCUT2D eigenvalue weighted by molar-refractivity contribution is 0.102. The number of nitrogens with zero attached hydrogens (tertiary/aromatic N) is 3. The minimum absolute atomic E-state index is 0.164. The zero-order chi connectivity index (χ0) is 13.3. The van der Waals surface area contributed by atoms with Gasteiger partial charge in [0.1, 0.15) is 0 Å². The summed E-state index contributed by atoms with van der Waals surface area (Å²) in [6.07, 6.45) is 5.83. The second-order valence-corrected chi connectivity index (χ2v) is 6.02. The molecular formula is C12H16N4O2S. The third-order valence-corrected chi connectivity index (χ3v) is 4.72. The summed E-state index contributed by atoms with van der Waals surface area (Å²) >= 11 is 1.37. The summed E-state index contributed by atoms with van der Waals surface area (Å²) in [5, 5.41) is 17.3. The van der Waals surface area contributed by atoms with Crippen LogP contribution < -0.4 is 10.9 Å². The van der Waals surface area contributed by atoms with E-state index in [4.69, 9.17) is 5.11 Å². The van der Waals surface area contributed by atoms with E-state index in [9.17, 15) is 4.79 Å². The third kappa shape index (κ3) is 2.35. The monoisotopic (exact) mass is 280 g/mol.